The second-order valence-electron chi connectivity index (χ2n) is 8.30. The molecule has 1 rings (SSSR count). The van der Waals surface area contributed by atoms with Crippen LogP contribution in [0.25, 0.3) is 0 Å². The third-order valence-corrected chi connectivity index (χ3v) is 6.50. The van der Waals surface area contributed by atoms with Crippen molar-refractivity contribution in [1.82, 2.24) is 0 Å². The molecule has 0 radical (unpaired) electrons. The van der Waals surface area contributed by atoms with E-state index in [1.807, 2.05) is 0 Å². The van der Waals surface area contributed by atoms with E-state index in [0.29, 0.717) is 5.41 Å². The molecule has 0 heteroatoms. The Bertz CT molecular complexity index is 253. The third kappa shape index (κ3) is 5.08. The number of rotatable bonds is 9. The van der Waals surface area contributed by atoms with E-state index in [2.05, 4.69) is 41.5 Å². The van der Waals surface area contributed by atoms with E-state index in [-0.39, 0.29) is 0 Å². The van der Waals surface area contributed by atoms with E-state index < -0.39 is 0 Å². The zero-order valence-electron chi connectivity index (χ0n) is 15.2. The molecule has 0 aromatic heterocycles. The molecular formula is C20H40. The number of unbranched alkanes of at least 4 members (excludes halogenated alkanes) is 1. The summed E-state index contributed by atoms with van der Waals surface area (Å²) in [4.78, 5) is 0. The summed E-state index contributed by atoms with van der Waals surface area (Å²) in [5, 5.41) is 0. The summed E-state index contributed by atoms with van der Waals surface area (Å²) in [6.45, 7) is 14.6. The highest BCUT2D eigenvalue weighted by molar-refractivity contribution is 4.80. The van der Waals surface area contributed by atoms with Gasteiger partial charge in [-0.15, -0.1) is 0 Å². The maximum Gasteiger partial charge on any atom is -0.0326 e. The molecule has 1 fully saturated rings. The smallest absolute Gasteiger partial charge is 0.0326 e. The zero-order valence-corrected chi connectivity index (χ0v) is 15.2. The quantitative estimate of drug-likeness (QED) is 0.396. The van der Waals surface area contributed by atoms with Gasteiger partial charge in [0.25, 0.3) is 0 Å². The predicted molar refractivity (Wildman–Crippen MR) is 92.0 cm³/mol. The van der Waals surface area contributed by atoms with Gasteiger partial charge in [0.1, 0.15) is 0 Å². The van der Waals surface area contributed by atoms with Crippen molar-refractivity contribution in [2.24, 2.45) is 29.1 Å². The van der Waals surface area contributed by atoms with Gasteiger partial charge < -0.3 is 0 Å². The minimum atomic E-state index is 0.554. The largest absolute Gasteiger partial charge is 0.0654 e. The van der Waals surface area contributed by atoms with Crippen LogP contribution in [0.1, 0.15) is 99.3 Å². The molecular weight excluding hydrogens is 240 g/mol. The van der Waals surface area contributed by atoms with Crippen LogP contribution in [0, 0.1) is 29.1 Å². The van der Waals surface area contributed by atoms with Crippen LogP contribution in [0.15, 0.2) is 0 Å². The maximum absolute atomic E-state index is 2.49. The van der Waals surface area contributed by atoms with E-state index in [9.17, 15) is 0 Å². The molecule has 1 saturated carbocycles. The molecule has 0 aromatic carbocycles. The fourth-order valence-electron chi connectivity index (χ4n) is 4.67. The SMILES string of the molecule is CCCC(C)(C)C(CC)CCCCC1CCC(C)C1C. The first-order valence-electron chi connectivity index (χ1n) is 9.42. The zero-order chi connectivity index (χ0) is 15.2. The van der Waals surface area contributed by atoms with Crippen molar-refractivity contribution in [3.05, 3.63) is 0 Å². The Balaban J connectivity index is 2.25. The van der Waals surface area contributed by atoms with Crippen LogP contribution in [0.3, 0.4) is 0 Å². The molecule has 0 amide bonds. The minimum Gasteiger partial charge on any atom is -0.0654 e. The molecule has 0 N–H and O–H groups in total. The fourth-order valence-corrected chi connectivity index (χ4v) is 4.67. The van der Waals surface area contributed by atoms with Crippen molar-refractivity contribution in [3.8, 4) is 0 Å². The van der Waals surface area contributed by atoms with Crippen LogP contribution < -0.4 is 0 Å². The molecule has 4 unspecified atom stereocenters. The van der Waals surface area contributed by atoms with E-state index in [1.54, 1.807) is 0 Å². The van der Waals surface area contributed by atoms with Gasteiger partial charge in [-0.25, -0.2) is 0 Å². The van der Waals surface area contributed by atoms with Crippen LogP contribution in [-0.2, 0) is 0 Å². The Labute approximate surface area is 129 Å². The highest BCUT2D eigenvalue weighted by Crippen LogP contribution is 2.40. The minimum absolute atomic E-state index is 0.554. The molecule has 0 bridgehead atoms. The van der Waals surface area contributed by atoms with Gasteiger partial charge in [-0.1, -0.05) is 80.1 Å². The van der Waals surface area contributed by atoms with Crippen molar-refractivity contribution < 1.29 is 0 Å². The van der Waals surface area contributed by atoms with Crippen LogP contribution >= 0.6 is 0 Å². The Kier molecular flexibility index (Phi) is 7.62. The lowest BCUT2D eigenvalue weighted by atomic mass is 9.72. The lowest BCUT2D eigenvalue weighted by Crippen LogP contribution is -2.23. The van der Waals surface area contributed by atoms with Crippen molar-refractivity contribution in [2.45, 2.75) is 99.3 Å². The van der Waals surface area contributed by atoms with Gasteiger partial charge >= 0.3 is 0 Å². The average Bonchev–Trinajstić information content (AvgIpc) is 2.70. The maximum atomic E-state index is 2.49. The fraction of sp³-hybridized carbons (Fsp3) is 1.00. The number of hydrogen-bond donors (Lipinski definition) is 0. The topological polar surface area (TPSA) is 0 Å². The van der Waals surface area contributed by atoms with Crippen molar-refractivity contribution in [1.29, 1.82) is 0 Å². The lowest BCUT2D eigenvalue weighted by molar-refractivity contribution is 0.170. The predicted octanol–water partition coefficient (Wildman–Crippen LogP) is 7.08. The molecule has 0 saturated heterocycles. The molecule has 0 spiro atoms. The Morgan fingerprint density at radius 1 is 1.05 bits per heavy atom. The molecule has 0 heterocycles. The summed E-state index contributed by atoms with van der Waals surface area (Å²) in [6, 6.07) is 0. The third-order valence-electron chi connectivity index (χ3n) is 6.50. The summed E-state index contributed by atoms with van der Waals surface area (Å²) in [5.41, 5.74) is 0.554. The van der Waals surface area contributed by atoms with E-state index >= 15 is 0 Å². The highest BCUT2D eigenvalue weighted by Gasteiger charge is 2.29. The summed E-state index contributed by atoms with van der Waals surface area (Å²) >= 11 is 0. The molecule has 120 valence electrons. The Hall–Kier alpha value is 0. The van der Waals surface area contributed by atoms with Gasteiger partial charge in [0.15, 0.2) is 0 Å². The second kappa shape index (κ2) is 8.44. The first-order chi connectivity index (χ1) is 9.42. The van der Waals surface area contributed by atoms with Gasteiger partial charge in [0, 0.05) is 0 Å². The second-order valence-corrected chi connectivity index (χ2v) is 8.30. The molecule has 20 heavy (non-hydrogen) atoms. The van der Waals surface area contributed by atoms with Crippen LogP contribution in [0.5, 0.6) is 0 Å². The van der Waals surface area contributed by atoms with Gasteiger partial charge in [0.2, 0.25) is 0 Å². The van der Waals surface area contributed by atoms with Crippen LogP contribution in [0.4, 0.5) is 0 Å². The molecule has 0 nitrogen and oxygen atoms in total. The first-order valence-corrected chi connectivity index (χ1v) is 9.42. The van der Waals surface area contributed by atoms with Gasteiger partial charge in [-0.3, -0.25) is 0 Å². The average molecular weight is 281 g/mol. The summed E-state index contributed by atoms with van der Waals surface area (Å²) in [7, 11) is 0. The summed E-state index contributed by atoms with van der Waals surface area (Å²) < 4.78 is 0. The van der Waals surface area contributed by atoms with Gasteiger partial charge in [-0.2, -0.15) is 0 Å². The van der Waals surface area contributed by atoms with Gasteiger partial charge in [-0.05, 0) is 48.3 Å². The van der Waals surface area contributed by atoms with Crippen molar-refractivity contribution in [2.75, 3.05) is 0 Å². The highest BCUT2D eigenvalue weighted by atomic mass is 14.4. The summed E-state index contributed by atoms with van der Waals surface area (Å²) in [5.74, 6) is 3.93. The van der Waals surface area contributed by atoms with Crippen LogP contribution in [-0.4, -0.2) is 0 Å². The van der Waals surface area contributed by atoms with Crippen LogP contribution in [0.2, 0.25) is 0 Å². The van der Waals surface area contributed by atoms with E-state index in [0.717, 1.165) is 23.7 Å². The van der Waals surface area contributed by atoms with Crippen molar-refractivity contribution in [3.63, 3.8) is 0 Å². The summed E-state index contributed by atoms with van der Waals surface area (Å²) in [6.07, 6.45) is 13.0. The van der Waals surface area contributed by atoms with E-state index in [1.165, 1.54) is 57.8 Å². The van der Waals surface area contributed by atoms with E-state index in [4.69, 9.17) is 0 Å². The van der Waals surface area contributed by atoms with Gasteiger partial charge in [0.05, 0.1) is 0 Å². The lowest BCUT2D eigenvalue weighted by Gasteiger charge is -2.34. The molecule has 0 aliphatic heterocycles. The Morgan fingerprint density at radius 2 is 1.75 bits per heavy atom. The normalized spacial score (nSPS) is 28.8. The molecule has 1 aliphatic carbocycles. The molecule has 1 aliphatic rings. The standard InChI is InChI=1S/C20H40/c1-7-15-20(5,6)19(8-2)12-10-9-11-18-14-13-16(3)17(18)4/h16-19H,7-15H2,1-6H3. The first kappa shape index (κ1) is 18.1. The molecule has 0 aromatic rings. The number of hydrogen-bond acceptors (Lipinski definition) is 0. The Morgan fingerprint density at radius 3 is 2.25 bits per heavy atom. The molecule has 4 atom stereocenters. The van der Waals surface area contributed by atoms with Crippen molar-refractivity contribution >= 4 is 0 Å². The monoisotopic (exact) mass is 280 g/mol.